The number of rotatable bonds is 3. The van der Waals surface area contributed by atoms with E-state index in [4.69, 9.17) is 16.3 Å². The number of nitrogens with zero attached hydrogens (tertiary/aromatic N) is 3. The van der Waals surface area contributed by atoms with E-state index in [0.717, 1.165) is 31.0 Å². The average molecular weight is 310 g/mol. The van der Waals surface area contributed by atoms with Gasteiger partial charge in [-0.2, -0.15) is 0 Å². The Morgan fingerprint density at radius 1 is 1.38 bits per heavy atom. The predicted molar refractivity (Wildman–Crippen MR) is 78.6 cm³/mol. The van der Waals surface area contributed by atoms with Crippen molar-refractivity contribution in [1.82, 2.24) is 14.5 Å². The SMILES string of the molecule is Cn1c(Cl)cnc1CN1CCO[C@H](c2ccc(F)cc2)C1. The van der Waals surface area contributed by atoms with Gasteiger partial charge in [0.2, 0.25) is 0 Å². The van der Waals surface area contributed by atoms with Gasteiger partial charge in [-0.15, -0.1) is 0 Å². The molecule has 2 heterocycles. The van der Waals surface area contributed by atoms with Crippen molar-refractivity contribution in [2.75, 3.05) is 19.7 Å². The van der Waals surface area contributed by atoms with Gasteiger partial charge < -0.3 is 9.30 Å². The maximum Gasteiger partial charge on any atom is 0.128 e. The summed E-state index contributed by atoms with van der Waals surface area (Å²) < 4.78 is 20.7. The molecule has 0 aliphatic carbocycles. The number of ether oxygens (including phenoxy) is 1. The molecule has 2 aromatic rings. The molecule has 0 saturated carbocycles. The highest BCUT2D eigenvalue weighted by Gasteiger charge is 2.23. The number of imidazole rings is 1. The first kappa shape index (κ1) is 14.5. The molecule has 0 unspecified atom stereocenters. The van der Waals surface area contributed by atoms with E-state index in [1.54, 1.807) is 18.3 Å². The van der Waals surface area contributed by atoms with Crippen molar-refractivity contribution in [2.24, 2.45) is 7.05 Å². The summed E-state index contributed by atoms with van der Waals surface area (Å²) in [6, 6.07) is 6.49. The van der Waals surface area contributed by atoms with Crippen LogP contribution < -0.4 is 0 Å². The van der Waals surface area contributed by atoms with Gasteiger partial charge in [0.25, 0.3) is 0 Å². The molecule has 1 aliphatic rings. The predicted octanol–water partition coefficient (Wildman–Crippen LogP) is 2.79. The highest BCUT2D eigenvalue weighted by Crippen LogP contribution is 2.23. The zero-order valence-corrected chi connectivity index (χ0v) is 12.6. The normalized spacial score (nSPS) is 19.9. The van der Waals surface area contributed by atoms with Gasteiger partial charge in [0, 0.05) is 20.1 Å². The lowest BCUT2D eigenvalue weighted by Gasteiger charge is -2.32. The van der Waals surface area contributed by atoms with E-state index in [0.29, 0.717) is 11.8 Å². The van der Waals surface area contributed by atoms with Crippen LogP contribution in [-0.4, -0.2) is 34.1 Å². The summed E-state index contributed by atoms with van der Waals surface area (Å²) >= 11 is 6.01. The van der Waals surface area contributed by atoms with Crippen LogP contribution in [0.25, 0.3) is 0 Å². The Balaban J connectivity index is 1.68. The Morgan fingerprint density at radius 3 is 2.81 bits per heavy atom. The molecule has 3 rings (SSSR count). The zero-order valence-electron chi connectivity index (χ0n) is 11.8. The zero-order chi connectivity index (χ0) is 14.8. The molecule has 6 heteroatoms. The molecular formula is C15H17ClFN3O. The lowest BCUT2D eigenvalue weighted by Crippen LogP contribution is -2.38. The molecule has 1 fully saturated rings. The van der Waals surface area contributed by atoms with Gasteiger partial charge in [0.05, 0.1) is 25.5 Å². The molecule has 21 heavy (non-hydrogen) atoms. The molecular weight excluding hydrogens is 293 g/mol. The molecule has 1 saturated heterocycles. The molecule has 0 amide bonds. The van der Waals surface area contributed by atoms with E-state index in [9.17, 15) is 4.39 Å². The minimum absolute atomic E-state index is 0.0323. The van der Waals surface area contributed by atoms with E-state index in [1.165, 1.54) is 12.1 Å². The van der Waals surface area contributed by atoms with E-state index in [1.807, 2.05) is 11.6 Å². The lowest BCUT2D eigenvalue weighted by molar-refractivity contribution is -0.0339. The standard InChI is InChI=1S/C15H17ClFN3O/c1-19-14(16)8-18-15(19)10-20-6-7-21-13(9-20)11-2-4-12(17)5-3-11/h2-5,8,13H,6-7,9-10H2,1H3/t13-/m0/s1. The summed E-state index contributed by atoms with van der Waals surface area (Å²) in [5.41, 5.74) is 0.999. The molecule has 1 atom stereocenters. The molecule has 1 aliphatic heterocycles. The third-order valence-electron chi connectivity index (χ3n) is 3.79. The molecule has 0 spiro atoms. The van der Waals surface area contributed by atoms with Crippen LogP contribution in [0, 0.1) is 5.82 Å². The van der Waals surface area contributed by atoms with E-state index < -0.39 is 0 Å². The van der Waals surface area contributed by atoms with Crippen molar-refractivity contribution >= 4 is 11.6 Å². The largest absolute Gasteiger partial charge is 0.371 e. The van der Waals surface area contributed by atoms with Crippen LogP contribution in [0.5, 0.6) is 0 Å². The van der Waals surface area contributed by atoms with Gasteiger partial charge in [-0.05, 0) is 17.7 Å². The third-order valence-corrected chi connectivity index (χ3v) is 4.14. The first-order valence-electron chi connectivity index (χ1n) is 6.89. The topological polar surface area (TPSA) is 30.3 Å². The van der Waals surface area contributed by atoms with Crippen molar-refractivity contribution in [3.8, 4) is 0 Å². The average Bonchev–Trinajstić information content (AvgIpc) is 2.80. The van der Waals surface area contributed by atoms with Crippen molar-refractivity contribution < 1.29 is 9.13 Å². The fourth-order valence-corrected chi connectivity index (χ4v) is 2.64. The summed E-state index contributed by atoms with van der Waals surface area (Å²) in [7, 11) is 1.91. The second-order valence-corrected chi connectivity index (χ2v) is 5.59. The molecule has 0 bridgehead atoms. The van der Waals surface area contributed by atoms with Crippen LogP contribution in [0.4, 0.5) is 4.39 Å². The minimum atomic E-state index is -0.228. The van der Waals surface area contributed by atoms with Gasteiger partial charge in [0.1, 0.15) is 16.8 Å². The molecule has 4 nitrogen and oxygen atoms in total. The summed E-state index contributed by atoms with van der Waals surface area (Å²) in [4.78, 5) is 6.59. The quantitative estimate of drug-likeness (QED) is 0.873. The van der Waals surface area contributed by atoms with Crippen LogP contribution in [0.15, 0.2) is 30.5 Å². The summed E-state index contributed by atoms with van der Waals surface area (Å²) in [5.74, 6) is 0.703. The van der Waals surface area contributed by atoms with Gasteiger partial charge in [-0.1, -0.05) is 23.7 Å². The maximum atomic E-state index is 13.0. The van der Waals surface area contributed by atoms with Gasteiger partial charge in [-0.25, -0.2) is 9.37 Å². The number of hydrogen-bond donors (Lipinski definition) is 0. The number of hydrogen-bond acceptors (Lipinski definition) is 3. The van der Waals surface area contributed by atoms with Crippen LogP contribution in [0.3, 0.4) is 0 Å². The first-order valence-corrected chi connectivity index (χ1v) is 7.27. The highest BCUT2D eigenvalue weighted by atomic mass is 35.5. The molecule has 0 radical (unpaired) electrons. The van der Waals surface area contributed by atoms with Gasteiger partial charge >= 0.3 is 0 Å². The third kappa shape index (κ3) is 3.26. The Bertz CT molecular complexity index is 614. The van der Waals surface area contributed by atoms with Crippen LogP contribution in [0.1, 0.15) is 17.5 Å². The molecule has 1 aromatic heterocycles. The first-order chi connectivity index (χ1) is 10.1. The van der Waals surface area contributed by atoms with Crippen molar-refractivity contribution in [2.45, 2.75) is 12.6 Å². The van der Waals surface area contributed by atoms with Gasteiger partial charge in [0.15, 0.2) is 0 Å². The summed E-state index contributed by atoms with van der Waals surface area (Å²) in [5, 5.41) is 0.633. The maximum absolute atomic E-state index is 13.0. The number of halogens is 2. The highest BCUT2D eigenvalue weighted by molar-refractivity contribution is 6.29. The number of morpholine rings is 1. The number of benzene rings is 1. The summed E-state index contributed by atoms with van der Waals surface area (Å²) in [6.45, 7) is 2.99. The monoisotopic (exact) mass is 309 g/mol. The van der Waals surface area contributed by atoms with Gasteiger partial charge in [-0.3, -0.25) is 4.90 Å². The fraction of sp³-hybridized carbons (Fsp3) is 0.400. The van der Waals surface area contributed by atoms with Crippen molar-refractivity contribution in [1.29, 1.82) is 0 Å². The van der Waals surface area contributed by atoms with E-state index in [-0.39, 0.29) is 11.9 Å². The van der Waals surface area contributed by atoms with E-state index >= 15 is 0 Å². The fourth-order valence-electron chi connectivity index (χ4n) is 2.50. The molecule has 0 N–H and O–H groups in total. The van der Waals surface area contributed by atoms with Crippen LogP contribution in [0.2, 0.25) is 5.15 Å². The van der Waals surface area contributed by atoms with E-state index in [2.05, 4.69) is 9.88 Å². The van der Waals surface area contributed by atoms with Crippen molar-refractivity contribution in [3.05, 3.63) is 52.8 Å². The smallest absolute Gasteiger partial charge is 0.128 e. The number of aromatic nitrogens is 2. The molecule has 112 valence electrons. The second-order valence-electron chi connectivity index (χ2n) is 5.20. The van der Waals surface area contributed by atoms with Crippen LogP contribution >= 0.6 is 11.6 Å². The molecule has 1 aromatic carbocycles. The minimum Gasteiger partial charge on any atom is -0.371 e. The van der Waals surface area contributed by atoms with Crippen molar-refractivity contribution in [3.63, 3.8) is 0 Å². The Morgan fingerprint density at radius 2 is 2.14 bits per heavy atom. The Labute approximate surface area is 128 Å². The lowest BCUT2D eigenvalue weighted by atomic mass is 10.1. The summed E-state index contributed by atoms with van der Waals surface area (Å²) in [6.07, 6.45) is 1.63. The Kier molecular flexibility index (Phi) is 4.24. The second kappa shape index (κ2) is 6.13. The Hall–Kier alpha value is -1.43. The van der Waals surface area contributed by atoms with Crippen LogP contribution in [-0.2, 0) is 18.3 Å².